The summed E-state index contributed by atoms with van der Waals surface area (Å²) < 4.78 is 6.02. The molecular formula is C30H48O3. The Labute approximate surface area is 202 Å². The van der Waals surface area contributed by atoms with Gasteiger partial charge in [-0.1, -0.05) is 57.9 Å². The van der Waals surface area contributed by atoms with Crippen LogP contribution >= 0.6 is 0 Å². The zero-order valence-electron chi connectivity index (χ0n) is 22.2. The van der Waals surface area contributed by atoms with Crippen LogP contribution in [0.25, 0.3) is 0 Å². The Morgan fingerprint density at radius 1 is 1.00 bits per heavy atom. The summed E-state index contributed by atoms with van der Waals surface area (Å²) in [7, 11) is 0. The molecule has 1 saturated heterocycles. The topological polar surface area (TPSA) is 49.7 Å². The summed E-state index contributed by atoms with van der Waals surface area (Å²) in [6.07, 6.45) is 13.2. The smallest absolute Gasteiger partial charge is 0.158 e. The van der Waals surface area contributed by atoms with Gasteiger partial charge in [0.05, 0.1) is 12.2 Å². The Morgan fingerprint density at radius 2 is 1.73 bits per heavy atom. The molecule has 1 aliphatic heterocycles. The van der Waals surface area contributed by atoms with Crippen molar-refractivity contribution in [3.63, 3.8) is 0 Å². The van der Waals surface area contributed by atoms with Crippen molar-refractivity contribution in [1.82, 2.24) is 0 Å². The third-order valence-electron chi connectivity index (χ3n) is 12.1. The van der Waals surface area contributed by atoms with Crippen molar-refractivity contribution in [2.45, 2.75) is 118 Å². The van der Waals surface area contributed by atoms with Crippen LogP contribution in [-0.4, -0.2) is 28.7 Å². The number of hydrogen-bond acceptors (Lipinski definition) is 3. The zero-order valence-corrected chi connectivity index (χ0v) is 22.2. The van der Waals surface area contributed by atoms with Gasteiger partial charge in [0.15, 0.2) is 6.29 Å². The molecule has 2 N–H and O–H groups in total. The highest BCUT2D eigenvalue weighted by Gasteiger charge is 2.66. The van der Waals surface area contributed by atoms with Crippen molar-refractivity contribution in [3.8, 4) is 0 Å². The summed E-state index contributed by atoms with van der Waals surface area (Å²) in [5.41, 5.74) is 3.71. The van der Waals surface area contributed by atoms with Gasteiger partial charge in [0.2, 0.25) is 0 Å². The van der Waals surface area contributed by atoms with Gasteiger partial charge < -0.3 is 14.9 Å². The van der Waals surface area contributed by atoms with Gasteiger partial charge in [0.25, 0.3) is 0 Å². The third kappa shape index (κ3) is 3.24. The van der Waals surface area contributed by atoms with Crippen LogP contribution in [0, 0.1) is 45.3 Å². The predicted octanol–water partition coefficient (Wildman–Crippen LogP) is 6.64. The van der Waals surface area contributed by atoms with Gasteiger partial charge in [-0.25, -0.2) is 0 Å². The SMILES string of the molecule is CC(C)=C[C@@H]1C[C@H]([C@@H]2CC[C@]3(C)C4=CC[C@H]5C(C)(C)[C@H](O)CC[C@]5(C)[C@@H]4CC[C@@]23C)[C@H](O)O1. The van der Waals surface area contributed by atoms with Crippen LogP contribution in [0.15, 0.2) is 23.3 Å². The molecule has 3 saturated carbocycles. The predicted molar refractivity (Wildman–Crippen MR) is 133 cm³/mol. The van der Waals surface area contributed by atoms with E-state index in [2.05, 4.69) is 60.6 Å². The Balaban J connectivity index is 1.46. The average Bonchev–Trinajstić information content (AvgIpc) is 3.20. The molecule has 0 spiro atoms. The van der Waals surface area contributed by atoms with Crippen LogP contribution < -0.4 is 0 Å². The fourth-order valence-electron chi connectivity index (χ4n) is 9.99. The van der Waals surface area contributed by atoms with Crippen molar-refractivity contribution in [2.24, 2.45) is 45.3 Å². The standard InChI is InChI=1S/C30H48O3/c1-18(2)16-19-17-20(26(32)33-19)21-10-14-30(7)23-8-9-24-27(3,4)25(31)12-13-28(24,5)22(23)11-15-29(21,30)6/h8,16,19-22,24-26,31-32H,9-15,17H2,1-7H3/t19-,20-,21+,22-,24+,25-,26-,28-,29+,30-/m1/s1. The maximum atomic E-state index is 10.9. The van der Waals surface area contributed by atoms with Crippen LogP contribution in [0.3, 0.4) is 0 Å². The van der Waals surface area contributed by atoms with E-state index in [1.54, 1.807) is 5.57 Å². The minimum absolute atomic E-state index is 0.0138. The summed E-state index contributed by atoms with van der Waals surface area (Å²) in [5, 5.41) is 21.8. The van der Waals surface area contributed by atoms with E-state index < -0.39 is 6.29 Å². The molecule has 3 heteroatoms. The Bertz CT molecular complexity index is 853. The number of rotatable bonds is 2. The lowest BCUT2D eigenvalue weighted by Crippen LogP contribution is -2.58. The first kappa shape index (κ1) is 24.1. The maximum Gasteiger partial charge on any atom is 0.158 e. The van der Waals surface area contributed by atoms with E-state index in [1.165, 1.54) is 31.3 Å². The van der Waals surface area contributed by atoms with Crippen LogP contribution in [-0.2, 0) is 4.74 Å². The van der Waals surface area contributed by atoms with Crippen molar-refractivity contribution < 1.29 is 14.9 Å². The van der Waals surface area contributed by atoms with Crippen LogP contribution in [0.2, 0.25) is 0 Å². The molecule has 0 unspecified atom stereocenters. The Hall–Kier alpha value is -0.640. The second-order valence-electron chi connectivity index (χ2n) is 14.0. The van der Waals surface area contributed by atoms with E-state index in [0.29, 0.717) is 23.2 Å². The van der Waals surface area contributed by atoms with Gasteiger partial charge in [-0.15, -0.1) is 0 Å². The minimum Gasteiger partial charge on any atom is -0.393 e. The molecule has 3 nitrogen and oxygen atoms in total. The molecule has 5 rings (SSSR count). The second kappa shape index (κ2) is 7.68. The quantitative estimate of drug-likeness (QED) is 0.458. The van der Waals surface area contributed by atoms with E-state index in [9.17, 15) is 10.2 Å². The molecule has 10 atom stereocenters. The number of fused-ring (bicyclic) bond motifs is 5. The zero-order chi connectivity index (χ0) is 24.0. The molecule has 0 bridgehead atoms. The number of hydrogen-bond donors (Lipinski definition) is 2. The maximum absolute atomic E-state index is 10.9. The van der Waals surface area contributed by atoms with E-state index in [4.69, 9.17) is 4.74 Å². The molecule has 0 aromatic heterocycles. The van der Waals surface area contributed by atoms with Crippen molar-refractivity contribution in [3.05, 3.63) is 23.3 Å². The largest absolute Gasteiger partial charge is 0.393 e. The van der Waals surface area contributed by atoms with E-state index in [-0.39, 0.29) is 34.4 Å². The number of ether oxygens (including phenoxy) is 1. The van der Waals surface area contributed by atoms with Gasteiger partial charge in [0, 0.05) is 5.92 Å². The Kier molecular flexibility index (Phi) is 5.60. The summed E-state index contributed by atoms with van der Waals surface area (Å²) in [6, 6.07) is 0. The van der Waals surface area contributed by atoms with Crippen molar-refractivity contribution in [1.29, 1.82) is 0 Å². The van der Waals surface area contributed by atoms with Gasteiger partial charge in [-0.05, 0) is 105 Å². The molecule has 1 heterocycles. The number of aliphatic hydroxyl groups excluding tert-OH is 2. The lowest BCUT2D eigenvalue weighted by Gasteiger charge is -2.64. The molecule has 0 aromatic carbocycles. The van der Waals surface area contributed by atoms with Gasteiger partial charge >= 0.3 is 0 Å². The normalized spacial score (nSPS) is 53.0. The highest BCUT2D eigenvalue weighted by Crippen LogP contribution is 2.73. The number of allylic oxidation sites excluding steroid dienone is 3. The summed E-state index contributed by atoms with van der Waals surface area (Å²) in [5.74, 6) is 1.96. The fraction of sp³-hybridized carbons (Fsp3) is 0.867. The first-order valence-corrected chi connectivity index (χ1v) is 13.7. The highest BCUT2D eigenvalue weighted by molar-refractivity contribution is 5.33. The van der Waals surface area contributed by atoms with E-state index >= 15 is 0 Å². The van der Waals surface area contributed by atoms with Crippen LogP contribution in [0.1, 0.15) is 99.8 Å². The molecule has 4 fully saturated rings. The summed E-state index contributed by atoms with van der Waals surface area (Å²) >= 11 is 0. The third-order valence-corrected chi connectivity index (χ3v) is 12.1. The molecule has 0 amide bonds. The molecular weight excluding hydrogens is 408 g/mol. The average molecular weight is 457 g/mol. The first-order chi connectivity index (χ1) is 15.3. The minimum atomic E-state index is -0.629. The van der Waals surface area contributed by atoms with Gasteiger partial charge in [-0.3, -0.25) is 0 Å². The molecule has 4 aliphatic carbocycles. The van der Waals surface area contributed by atoms with E-state index in [1.807, 2.05) is 0 Å². The van der Waals surface area contributed by atoms with Crippen LogP contribution in [0.5, 0.6) is 0 Å². The summed E-state index contributed by atoms with van der Waals surface area (Å²) in [4.78, 5) is 0. The van der Waals surface area contributed by atoms with Gasteiger partial charge in [0.1, 0.15) is 0 Å². The van der Waals surface area contributed by atoms with E-state index in [0.717, 1.165) is 25.7 Å². The fourth-order valence-corrected chi connectivity index (χ4v) is 9.99. The molecule has 5 aliphatic rings. The first-order valence-electron chi connectivity index (χ1n) is 13.7. The highest BCUT2D eigenvalue weighted by atomic mass is 16.6. The molecule has 33 heavy (non-hydrogen) atoms. The number of aliphatic hydroxyl groups is 2. The monoisotopic (exact) mass is 456 g/mol. The van der Waals surface area contributed by atoms with Crippen LogP contribution in [0.4, 0.5) is 0 Å². The second-order valence-corrected chi connectivity index (χ2v) is 14.0. The molecule has 186 valence electrons. The van der Waals surface area contributed by atoms with Crippen molar-refractivity contribution in [2.75, 3.05) is 0 Å². The lowest BCUT2D eigenvalue weighted by atomic mass is 9.41. The summed E-state index contributed by atoms with van der Waals surface area (Å²) in [6.45, 7) is 16.5. The molecule has 0 aromatic rings. The Morgan fingerprint density at radius 3 is 2.42 bits per heavy atom. The van der Waals surface area contributed by atoms with Gasteiger partial charge in [-0.2, -0.15) is 0 Å². The lowest BCUT2D eigenvalue weighted by molar-refractivity contribution is -0.140. The molecule has 0 radical (unpaired) electrons. The van der Waals surface area contributed by atoms with Crippen molar-refractivity contribution >= 4 is 0 Å².